The molecule has 0 spiro atoms. The van der Waals surface area contributed by atoms with Gasteiger partial charge >= 0.3 is 5.97 Å². The summed E-state index contributed by atoms with van der Waals surface area (Å²) in [6.07, 6.45) is 4.80. The topological polar surface area (TPSA) is 29.5 Å². The van der Waals surface area contributed by atoms with Crippen LogP contribution in [0.3, 0.4) is 0 Å². The van der Waals surface area contributed by atoms with Crippen LogP contribution in [0.4, 0.5) is 0 Å². The van der Waals surface area contributed by atoms with E-state index in [1.165, 1.54) is 32.4 Å². The number of likely N-dealkylation sites (tertiary alicyclic amines) is 1. The summed E-state index contributed by atoms with van der Waals surface area (Å²) in [5.74, 6) is 0.741. The van der Waals surface area contributed by atoms with Gasteiger partial charge in [0.1, 0.15) is 0 Å². The number of piperidine rings is 1. The van der Waals surface area contributed by atoms with Gasteiger partial charge < -0.3 is 9.64 Å². The summed E-state index contributed by atoms with van der Waals surface area (Å²) in [4.78, 5) is 14.2. The van der Waals surface area contributed by atoms with Crippen LogP contribution in [0.25, 0.3) is 0 Å². The molecule has 0 aliphatic carbocycles. The average Bonchev–Trinajstić information content (AvgIpc) is 2.33. The summed E-state index contributed by atoms with van der Waals surface area (Å²) in [6, 6.07) is 0.675. The smallest absolute Gasteiger partial charge is 0.311 e. The van der Waals surface area contributed by atoms with Crippen LogP contribution in [0.2, 0.25) is 0 Å². The monoisotopic (exact) mass is 269 g/mol. The van der Waals surface area contributed by atoms with Crippen molar-refractivity contribution in [3.63, 3.8) is 0 Å². The van der Waals surface area contributed by atoms with Crippen LogP contribution >= 0.6 is 0 Å². The quantitative estimate of drug-likeness (QED) is 0.565. The van der Waals surface area contributed by atoms with Crippen molar-refractivity contribution in [3.05, 3.63) is 0 Å². The van der Waals surface area contributed by atoms with Gasteiger partial charge in [-0.1, -0.05) is 0 Å². The Morgan fingerprint density at radius 2 is 1.84 bits per heavy atom. The van der Waals surface area contributed by atoms with Crippen molar-refractivity contribution in [2.24, 2.45) is 11.3 Å². The molecule has 0 unspecified atom stereocenters. The molecule has 0 radical (unpaired) electrons. The van der Waals surface area contributed by atoms with Crippen molar-refractivity contribution < 1.29 is 9.53 Å². The number of carbonyl (C=O) groups is 1. The SMILES string of the molecule is CC(C)N1CCC(CCCOC(=O)C(C)(C)C)CC1. The summed E-state index contributed by atoms with van der Waals surface area (Å²) in [5, 5.41) is 0. The fourth-order valence-electron chi connectivity index (χ4n) is 2.51. The first kappa shape index (κ1) is 16.5. The number of nitrogens with zero attached hydrogens (tertiary/aromatic N) is 1. The molecule has 3 heteroatoms. The van der Waals surface area contributed by atoms with E-state index in [1.807, 2.05) is 20.8 Å². The molecule has 0 saturated carbocycles. The van der Waals surface area contributed by atoms with Gasteiger partial charge in [-0.15, -0.1) is 0 Å². The number of hydrogen-bond acceptors (Lipinski definition) is 3. The van der Waals surface area contributed by atoms with Gasteiger partial charge in [0.15, 0.2) is 0 Å². The Labute approximate surface area is 118 Å². The highest BCUT2D eigenvalue weighted by Gasteiger charge is 2.23. The van der Waals surface area contributed by atoms with E-state index < -0.39 is 0 Å². The molecule has 0 N–H and O–H groups in total. The maximum absolute atomic E-state index is 11.6. The number of carbonyl (C=O) groups excluding carboxylic acids is 1. The van der Waals surface area contributed by atoms with E-state index in [9.17, 15) is 4.79 Å². The average molecular weight is 269 g/mol. The number of ether oxygens (including phenoxy) is 1. The fourth-order valence-corrected chi connectivity index (χ4v) is 2.51. The molecule has 0 aromatic rings. The molecule has 1 fully saturated rings. The molecule has 0 atom stereocenters. The third kappa shape index (κ3) is 5.94. The Morgan fingerprint density at radius 3 is 2.32 bits per heavy atom. The van der Waals surface area contributed by atoms with E-state index in [2.05, 4.69) is 18.7 Å². The summed E-state index contributed by atoms with van der Waals surface area (Å²) in [5.41, 5.74) is -0.372. The van der Waals surface area contributed by atoms with Gasteiger partial charge in [-0.25, -0.2) is 0 Å². The van der Waals surface area contributed by atoms with Crippen molar-refractivity contribution >= 4 is 5.97 Å². The third-order valence-corrected chi connectivity index (χ3v) is 3.98. The first-order chi connectivity index (χ1) is 8.80. The molecule has 0 aromatic heterocycles. The number of rotatable bonds is 5. The lowest BCUT2D eigenvalue weighted by atomic mass is 9.92. The number of esters is 1. The van der Waals surface area contributed by atoms with Crippen molar-refractivity contribution in [2.45, 2.75) is 66.3 Å². The van der Waals surface area contributed by atoms with Crippen molar-refractivity contribution in [3.8, 4) is 0 Å². The lowest BCUT2D eigenvalue weighted by Gasteiger charge is -2.34. The number of hydrogen-bond donors (Lipinski definition) is 0. The molecule has 1 saturated heterocycles. The zero-order valence-electron chi connectivity index (χ0n) is 13.4. The van der Waals surface area contributed by atoms with Crippen molar-refractivity contribution in [1.29, 1.82) is 0 Å². The van der Waals surface area contributed by atoms with Gasteiger partial charge in [-0.05, 0) is 79.3 Å². The zero-order valence-corrected chi connectivity index (χ0v) is 13.4. The molecule has 112 valence electrons. The van der Waals surface area contributed by atoms with Crippen molar-refractivity contribution in [1.82, 2.24) is 4.90 Å². The Balaban J connectivity index is 2.10. The van der Waals surface area contributed by atoms with Crippen LogP contribution in [-0.2, 0) is 9.53 Å². The predicted molar refractivity (Wildman–Crippen MR) is 79.1 cm³/mol. The Kier molecular flexibility index (Phi) is 6.31. The molecule has 1 rings (SSSR count). The van der Waals surface area contributed by atoms with Crippen LogP contribution < -0.4 is 0 Å². The van der Waals surface area contributed by atoms with E-state index in [0.717, 1.165) is 12.3 Å². The molecule has 1 heterocycles. The first-order valence-electron chi connectivity index (χ1n) is 7.72. The van der Waals surface area contributed by atoms with Gasteiger partial charge in [0.2, 0.25) is 0 Å². The van der Waals surface area contributed by atoms with Crippen LogP contribution in [0.5, 0.6) is 0 Å². The molecule has 19 heavy (non-hydrogen) atoms. The molecule has 3 nitrogen and oxygen atoms in total. The molecule has 1 aliphatic heterocycles. The molecular formula is C16H31NO2. The second-order valence-electron chi connectivity index (χ2n) is 7.10. The van der Waals surface area contributed by atoms with Gasteiger partial charge in [0.25, 0.3) is 0 Å². The Bertz CT molecular complexity index is 273. The van der Waals surface area contributed by atoms with E-state index in [-0.39, 0.29) is 11.4 Å². The highest BCUT2D eigenvalue weighted by Crippen LogP contribution is 2.23. The molecular weight excluding hydrogens is 238 g/mol. The summed E-state index contributed by atoms with van der Waals surface area (Å²) in [6.45, 7) is 13.3. The van der Waals surface area contributed by atoms with Gasteiger partial charge in [-0.3, -0.25) is 4.79 Å². The van der Waals surface area contributed by atoms with Crippen molar-refractivity contribution in [2.75, 3.05) is 19.7 Å². The van der Waals surface area contributed by atoms with Gasteiger partial charge in [0.05, 0.1) is 12.0 Å². The Morgan fingerprint density at radius 1 is 1.26 bits per heavy atom. The maximum Gasteiger partial charge on any atom is 0.311 e. The third-order valence-electron chi connectivity index (χ3n) is 3.98. The van der Waals surface area contributed by atoms with Crippen LogP contribution in [-0.4, -0.2) is 36.6 Å². The minimum absolute atomic E-state index is 0.0814. The standard InChI is InChI=1S/C16H31NO2/c1-13(2)17-10-8-14(9-11-17)7-6-12-19-15(18)16(3,4)5/h13-14H,6-12H2,1-5H3. The minimum atomic E-state index is -0.372. The van der Waals surface area contributed by atoms with E-state index in [0.29, 0.717) is 12.6 Å². The minimum Gasteiger partial charge on any atom is -0.465 e. The Hall–Kier alpha value is -0.570. The largest absolute Gasteiger partial charge is 0.465 e. The molecule has 1 aliphatic rings. The molecule has 0 bridgehead atoms. The summed E-state index contributed by atoms with van der Waals surface area (Å²) < 4.78 is 5.31. The summed E-state index contributed by atoms with van der Waals surface area (Å²) in [7, 11) is 0. The zero-order chi connectivity index (χ0) is 14.5. The molecule has 0 amide bonds. The highest BCUT2D eigenvalue weighted by molar-refractivity contribution is 5.75. The second kappa shape index (κ2) is 7.28. The van der Waals surface area contributed by atoms with E-state index in [4.69, 9.17) is 4.74 Å². The van der Waals surface area contributed by atoms with Gasteiger partial charge in [0, 0.05) is 6.04 Å². The van der Waals surface area contributed by atoms with E-state index in [1.54, 1.807) is 0 Å². The highest BCUT2D eigenvalue weighted by atomic mass is 16.5. The van der Waals surface area contributed by atoms with Crippen LogP contribution in [0.1, 0.15) is 60.3 Å². The van der Waals surface area contributed by atoms with Crippen LogP contribution in [0, 0.1) is 11.3 Å². The first-order valence-corrected chi connectivity index (χ1v) is 7.72. The lowest BCUT2D eigenvalue weighted by molar-refractivity contribution is -0.153. The summed E-state index contributed by atoms with van der Waals surface area (Å²) >= 11 is 0. The maximum atomic E-state index is 11.6. The van der Waals surface area contributed by atoms with Crippen LogP contribution in [0.15, 0.2) is 0 Å². The van der Waals surface area contributed by atoms with Gasteiger partial charge in [-0.2, -0.15) is 0 Å². The predicted octanol–water partition coefficient (Wildman–Crippen LogP) is 3.48. The molecule has 0 aromatic carbocycles. The van der Waals surface area contributed by atoms with E-state index >= 15 is 0 Å². The fraction of sp³-hybridized carbons (Fsp3) is 0.938. The lowest BCUT2D eigenvalue weighted by Crippen LogP contribution is -2.38. The normalized spacial score (nSPS) is 18.8. The second-order valence-corrected chi connectivity index (χ2v) is 7.10.